The average molecular weight is 334 g/mol. The molecule has 1 fully saturated rings. The van der Waals surface area contributed by atoms with Crippen molar-refractivity contribution >= 4 is 5.91 Å². The van der Waals surface area contributed by atoms with E-state index in [-0.39, 0.29) is 5.91 Å². The summed E-state index contributed by atoms with van der Waals surface area (Å²) in [6.45, 7) is 4.86. The van der Waals surface area contributed by atoms with Crippen molar-refractivity contribution < 1.29 is 14.3 Å². The molecule has 1 heterocycles. The SMILES string of the molecule is COc1ccc(OCCCC(=O)NCCCN2CCCCC2)cc1. The van der Waals surface area contributed by atoms with Crippen LogP contribution in [0.4, 0.5) is 0 Å². The maximum atomic E-state index is 11.8. The number of rotatable bonds is 10. The summed E-state index contributed by atoms with van der Waals surface area (Å²) < 4.78 is 10.7. The van der Waals surface area contributed by atoms with Gasteiger partial charge < -0.3 is 19.7 Å². The second-order valence-corrected chi connectivity index (χ2v) is 6.23. The molecule has 0 bridgehead atoms. The van der Waals surface area contributed by atoms with Gasteiger partial charge in [0.25, 0.3) is 0 Å². The first-order valence-electron chi connectivity index (χ1n) is 9.04. The van der Waals surface area contributed by atoms with Gasteiger partial charge in [-0.3, -0.25) is 4.79 Å². The van der Waals surface area contributed by atoms with Crippen molar-refractivity contribution in [2.24, 2.45) is 0 Å². The fraction of sp³-hybridized carbons (Fsp3) is 0.632. The molecular weight excluding hydrogens is 304 g/mol. The lowest BCUT2D eigenvalue weighted by Gasteiger charge is -2.26. The maximum Gasteiger partial charge on any atom is 0.220 e. The minimum absolute atomic E-state index is 0.118. The zero-order valence-electron chi connectivity index (χ0n) is 14.8. The molecule has 24 heavy (non-hydrogen) atoms. The molecule has 0 radical (unpaired) electrons. The number of methoxy groups -OCH3 is 1. The normalized spacial score (nSPS) is 15.0. The smallest absolute Gasteiger partial charge is 0.220 e. The Balaban J connectivity index is 1.47. The summed E-state index contributed by atoms with van der Waals surface area (Å²) in [6, 6.07) is 7.48. The third-order valence-corrected chi connectivity index (χ3v) is 4.30. The predicted molar refractivity (Wildman–Crippen MR) is 95.6 cm³/mol. The number of carbonyl (C=O) groups is 1. The molecule has 1 aromatic rings. The molecule has 0 aliphatic carbocycles. The van der Waals surface area contributed by atoms with Gasteiger partial charge in [0.2, 0.25) is 5.91 Å². The van der Waals surface area contributed by atoms with Gasteiger partial charge in [0.15, 0.2) is 0 Å². The highest BCUT2D eigenvalue weighted by molar-refractivity contribution is 5.75. The third-order valence-electron chi connectivity index (χ3n) is 4.30. The van der Waals surface area contributed by atoms with E-state index in [4.69, 9.17) is 9.47 Å². The molecule has 1 N–H and O–H groups in total. The van der Waals surface area contributed by atoms with Crippen LogP contribution in [0.1, 0.15) is 38.5 Å². The molecule has 1 amide bonds. The second-order valence-electron chi connectivity index (χ2n) is 6.23. The summed E-state index contributed by atoms with van der Waals surface area (Å²) in [7, 11) is 1.64. The van der Waals surface area contributed by atoms with Gasteiger partial charge in [-0.2, -0.15) is 0 Å². The largest absolute Gasteiger partial charge is 0.497 e. The van der Waals surface area contributed by atoms with Crippen LogP contribution >= 0.6 is 0 Å². The van der Waals surface area contributed by atoms with E-state index in [1.54, 1.807) is 7.11 Å². The van der Waals surface area contributed by atoms with Crippen LogP contribution in [-0.4, -0.2) is 50.7 Å². The van der Waals surface area contributed by atoms with Gasteiger partial charge in [-0.15, -0.1) is 0 Å². The van der Waals surface area contributed by atoms with E-state index < -0.39 is 0 Å². The molecule has 1 aliphatic heterocycles. The van der Waals surface area contributed by atoms with Crippen molar-refractivity contribution in [1.82, 2.24) is 10.2 Å². The molecule has 5 heteroatoms. The number of nitrogens with zero attached hydrogens (tertiary/aromatic N) is 1. The lowest BCUT2D eigenvalue weighted by atomic mass is 10.1. The molecule has 134 valence electrons. The van der Waals surface area contributed by atoms with Gasteiger partial charge >= 0.3 is 0 Å². The monoisotopic (exact) mass is 334 g/mol. The maximum absolute atomic E-state index is 11.8. The lowest BCUT2D eigenvalue weighted by Crippen LogP contribution is -2.33. The summed E-state index contributed by atoms with van der Waals surface area (Å²) in [6.07, 6.45) is 6.28. The number of hydrogen-bond donors (Lipinski definition) is 1. The summed E-state index contributed by atoms with van der Waals surface area (Å²) in [5.41, 5.74) is 0. The van der Waals surface area contributed by atoms with Gasteiger partial charge in [-0.25, -0.2) is 0 Å². The Hall–Kier alpha value is -1.75. The Morgan fingerprint density at radius 1 is 1.08 bits per heavy atom. The van der Waals surface area contributed by atoms with Crippen LogP contribution in [0.5, 0.6) is 11.5 Å². The molecule has 0 aromatic heterocycles. The Labute approximate surface area is 145 Å². The fourth-order valence-corrected chi connectivity index (χ4v) is 2.90. The molecule has 0 atom stereocenters. The molecular formula is C19H30N2O3. The van der Waals surface area contributed by atoms with Gasteiger partial charge in [0, 0.05) is 13.0 Å². The molecule has 2 rings (SSSR count). The van der Waals surface area contributed by atoms with Crippen molar-refractivity contribution in [3.63, 3.8) is 0 Å². The third kappa shape index (κ3) is 7.21. The van der Waals surface area contributed by atoms with E-state index in [0.29, 0.717) is 13.0 Å². The van der Waals surface area contributed by atoms with Crippen LogP contribution in [0.3, 0.4) is 0 Å². The summed E-state index contributed by atoms with van der Waals surface area (Å²) in [4.78, 5) is 14.3. The summed E-state index contributed by atoms with van der Waals surface area (Å²) in [5, 5.41) is 3.00. The number of ether oxygens (including phenoxy) is 2. The first-order valence-corrected chi connectivity index (χ1v) is 9.04. The van der Waals surface area contributed by atoms with Gasteiger partial charge in [0.1, 0.15) is 11.5 Å². The van der Waals surface area contributed by atoms with E-state index in [1.165, 1.54) is 32.4 Å². The van der Waals surface area contributed by atoms with Gasteiger partial charge in [0.05, 0.1) is 13.7 Å². The van der Waals surface area contributed by atoms with Crippen LogP contribution in [0.2, 0.25) is 0 Å². The topological polar surface area (TPSA) is 50.8 Å². The number of likely N-dealkylation sites (tertiary alicyclic amines) is 1. The number of piperidine rings is 1. The van der Waals surface area contributed by atoms with E-state index >= 15 is 0 Å². The minimum Gasteiger partial charge on any atom is -0.497 e. The quantitative estimate of drug-likeness (QED) is 0.669. The number of carbonyl (C=O) groups excluding carboxylic acids is 1. The molecule has 1 aromatic carbocycles. The summed E-state index contributed by atoms with van der Waals surface area (Å²) >= 11 is 0. The minimum atomic E-state index is 0.118. The first kappa shape index (κ1) is 18.6. The van der Waals surface area contributed by atoms with Crippen molar-refractivity contribution in [3.8, 4) is 11.5 Å². The number of hydrogen-bond acceptors (Lipinski definition) is 4. The van der Waals surface area contributed by atoms with Gasteiger partial charge in [-0.1, -0.05) is 6.42 Å². The van der Waals surface area contributed by atoms with Crippen molar-refractivity contribution in [1.29, 1.82) is 0 Å². The van der Waals surface area contributed by atoms with Crippen LogP contribution in [0.15, 0.2) is 24.3 Å². The van der Waals surface area contributed by atoms with Crippen LogP contribution < -0.4 is 14.8 Å². The molecule has 0 spiro atoms. The van der Waals surface area contributed by atoms with Crippen LogP contribution in [-0.2, 0) is 4.79 Å². The zero-order chi connectivity index (χ0) is 17.0. The van der Waals surface area contributed by atoms with Gasteiger partial charge in [-0.05, 0) is 69.6 Å². The Morgan fingerprint density at radius 3 is 2.50 bits per heavy atom. The predicted octanol–water partition coefficient (Wildman–Crippen LogP) is 2.85. The van der Waals surface area contributed by atoms with Crippen molar-refractivity contribution in [2.45, 2.75) is 38.5 Å². The lowest BCUT2D eigenvalue weighted by molar-refractivity contribution is -0.121. The van der Waals surface area contributed by atoms with E-state index in [2.05, 4.69) is 10.2 Å². The van der Waals surface area contributed by atoms with Crippen molar-refractivity contribution in [2.75, 3.05) is 39.9 Å². The molecule has 0 saturated carbocycles. The first-order chi connectivity index (χ1) is 11.8. The summed E-state index contributed by atoms with van der Waals surface area (Å²) in [5.74, 6) is 1.73. The highest BCUT2D eigenvalue weighted by Gasteiger charge is 2.09. The molecule has 0 unspecified atom stereocenters. The Kier molecular flexibility index (Phi) is 8.46. The number of benzene rings is 1. The highest BCUT2D eigenvalue weighted by atomic mass is 16.5. The molecule has 1 aliphatic rings. The Morgan fingerprint density at radius 2 is 1.79 bits per heavy atom. The van der Waals surface area contributed by atoms with E-state index in [9.17, 15) is 4.79 Å². The standard InChI is InChI=1S/C19H30N2O3/c1-23-17-8-10-18(11-9-17)24-16-5-7-19(22)20-12-6-15-21-13-3-2-4-14-21/h8-11H,2-7,12-16H2,1H3,(H,20,22). The Bertz CT molecular complexity index is 470. The van der Waals surface area contributed by atoms with Crippen LogP contribution in [0, 0.1) is 0 Å². The highest BCUT2D eigenvalue weighted by Crippen LogP contribution is 2.17. The van der Waals surface area contributed by atoms with Crippen LogP contribution in [0.25, 0.3) is 0 Å². The average Bonchev–Trinajstić information content (AvgIpc) is 2.64. The number of nitrogens with one attached hydrogen (secondary N) is 1. The molecule has 5 nitrogen and oxygen atoms in total. The second kappa shape index (κ2) is 10.9. The fourth-order valence-electron chi connectivity index (χ4n) is 2.90. The molecule has 1 saturated heterocycles. The van der Waals surface area contributed by atoms with E-state index in [1.807, 2.05) is 24.3 Å². The zero-order valence-corrected chi connectivity index (χ0v) is 14.8. The van der Waals surface area contributed by atoms with E-state index in [0.717, 1.165) is 37.4 Å². The van der Waals surface area contributed by atoms with Crippen molar-refractivity contribution in [3.05, 3.63) is 24.3 Å². The number of amides is 1.